The number of carbonyl (C=O) groups excluding carboxylic acids is 3. The minimum absolute atomic E-state index is 0.135. The Balaban J connectivity index is 1.62. The van der Waals surface area contributed by atoms with Gasteiger partial charge in [0, 0.05) is 23.5 Å². The van der Waals surface area contributed by atoms with Crippen molar-refractivity contribution in [3.63, 3.8) is 0 Å². The van der Waals surface area contributed by atoms with Crippen LogP contribution in [0.5, 0.6) is 0 Å². The van der Waals surface area contributed by atoms with Crippen molar-refractivity contribution < 1.29 is 19.1 Å². The Morgan fingerprint density at radius 1 is 1.15 bits per heavy atom. The van der Waals surface area contributed by atoms with E-state index in [9.17, 15) is 14.4 Å². The van der Waals surface area contributed by atoms with E-state index in [1.54, 1.807) is 6.07 Å². The first-order chi connectivity index (χ1) is 13.0. The number of hydrogen-bond acceptors (Lipinski definition) is 5. The lowest BCUT2D eigenvalue weighted by Gasteiger charge is -2.18. The van der Waals surface area contributed by atoms with Crippen molar-refractivity contribution >= 4 is 34.6 Å². The van der Waals surface area contributed by atoms with Crippen molar-refractivity contribution in [3.05, 3.63) is 54.6 Å². The second-order valence-corrected chi connectivity index (χ2v) is 7.12. The normalized spacial score (nSPS) is 14.7. The topological polar surface area (TPSA) is 75.7 Å². The van der Waals surface area contributed by atoms with Gasteiger partial charge in [0.15, 0.2) is 6.10 Å². The highest BCUT2D eigenvalue weighted by Crippen LogP contribution is 2.27. The van der Waals surface area contributed by atoms with Gasteiger partial charge in [-0.1, -0.05) is 60.3 Å². The third kappa shape index (κ3) is 4.89. The first-order valence-electron chi connectivity index (χ1n) is 8.61. The molecule has 1 N–H and O–H groups in total. The molecule has 2 aromatic rings. The first-order valence-corrected chi connectivity index (χ1v) is 9.59. The third-order valence-corrected chi connectivity index (χ3v) is 5.00. The molecule has 0 aromatic heterocycles. The molecule has 1 saturated heterocycles. The van der Waals surface area contributed by atoms with Gasteiger partial charge in [0.1, 0.15) is 6.54 Å². The number of benzene rings is 2. The maximum absolute atomic E-state index is 12.5. The third-order valence-electron chi connectivity index (χ3n) is 4.11. The second-order valence-electron chi connectivity index (χ2n) is 6.07. The number of thioether (sulfide) groups is 1. The van der Waals surface area contributed by atoms with Crippen molar-refractivity contribution in [2.45, 2.75) is 13.0 Å². The van der Waals surface area contributed by atoms with Crippen molar-refractivity contribution in [2.75, 3.05) is 24.2 Å². The summed E-state index contributed by atoms with van der Waals surface area (Å²) in [7, 11) is 0. The van der Waals surface area contributed by atoms with E-state index in [0.29, 0.717) is 18.0 Å². The largest absolute Gasteiger partial charge is 0.451 e. The number of hydrogen-bond donors (Lipinski definition) is 1. The van der Waals surface area contributed by atoms with E-state index in [1.165, 1.54) is 23.6 Å². The van der Waals surface area contributed by atoms with Gasteiger partial charge in [-0.15, -0.1) is 0 Å². The molecule has 1 aliphatic heterocycles. The van der Waals surface area contributed by atoms with Crippen LogP contribution in [0.25, 0.3) is 11.1 Å². The highest BCUT2D eigenvalue weighted by atomic mass is 32.2. The lowest BCUT2D eigenvalue weighted by Crippen LogP contribution is -2.36. The molecular formula is C20H20N2O4S. The summed E-state index contributed by atoms with van der Waals surface area (Å²) in [6.45, 7) is 1.90. The van der Waals surface area contributed by atoms with Crippen LogP contribution < -0.4 is 5.32 Å². The number of carbonyl (C=O) groups is 3. The maximum atomic E-state index is 12.5. The van der Waals surface area contributed by atoms with Crippen molar-refractivity contribution in [3.8, 4) is 11.1 Å². The monoisotopic (exact) mass is 384 g/mol. The molecule has 1 aliphatic rings. The zero-order chi connectivity index (χ0) is 19.2. The average Bonchev–Trinajstić information content (AvgIpc) is 3.07. The SMILES string of the molecule is C[C@@H](OC(=O)CN1CCSC1=O)C(=O)Nc1ccccc1-c1ccccc1. The van der Waals surface area contributed by atoms with Crippen molar-refractivity contribution in [1.82, 2.24) is 4.90 Å². The Kier molecular flexibility index (Phi) is 6.13. The number of nitrogens with zero attached hydrogens (tertiary/aromatic N) is 1. The number of ether oxygens (including phenoxy) is 1. The van der Waals surface area contributed by atoms with Crippen LogP contribution in [0.15, 0.2) is 54.6 Å². The second kappa shape index (κ2) is 8.73. The van der Waals surface area contributed by atoms with Gasteiger partial charge >= 0.3 is 5.97 Å². The highest BCUT2D eigenvalue weighted by molar-refractivity contribution is 8.13. The average molecular weight is 384 g/mol. The van der Waals surface area contributed by atoms with Gasteiger partial charge in [-0.05, 0) is 18.6 Å². The lowest BCUT2D eigenvalue weighted by molar-refractivity contribution is -0.153. The molecule has 7 heteroatoms. The molecule has 0 bridgehead atoms. The molecule has 2 amide bonds. The Hall–Kier alpha value is -2.80. The molecule has 1 atom stereocenters. The summed E-state index contributed by atoms with van der Waals surface area (Å²) >= 11 is 1.17. The molecule has 140 valence electrons. The molecule has 1 fully saturated rings. The maximum Gasteiger partial charge on any atom is 0.326 e. The van der Waals surface area contributed by atoms with Crippen molar-refractivity contribution in [2.24, 2.45) is 0 Å². The fourth-order valence-electron chi connectivity index (χ4n) is 2.71. The van der Waals surface area contributed by atoms with E-state index in [0.717, 1.165) is 11.1 Å². The Labute approximate surface area is 161 Å². The van der Waals surface area contributed by atoms with Crippen LogP contribution in [0.4, 0.5) is 10.5 Å². The number of amides is 2. The van der Waals surface area contributed by atoms with Gasteiger partial charge in [-0.25, -0.2) is 0 Å². The zero-order valence-electron chi connectivity index (χ0n) is 14.9. The van der Waals surface area contributed by atoms with E-state index in [2.05, 4.69) is 5.32 Å². The van der Waals surface area contributed by atoms with E-state index in [4.69, 9.17) is 4.74 Å². The van der Waals surface area contributed by atoms with E-state index >= 15 is 0 Å². The van der Waals surface area contributed by atoms with Gasteiger partial charge in [-0.3, -0.25) is 14.4 Å². The summed E-state index contributed by atoms with van der Waals surface area (Å²) in [6, 6.07) is 17.1. The Morgan fingerprint density at radius 3 is 2.56 bits per heavy atom. The summed E-state index contributed by atoms with van der Waals surface area (Å²) < 4.78 is 5.19. The van der Waals surface area contributed by atoms with E-state index < -0.39 is 18.0 Å². The number of esters is 1. The van der Waals surface area contributed by atoms with Gasteiger partial charge in [0.05, 0.1) is 0 Å². The molecular weight excluding hydrogens is 364 g/mol. The zero-order valence-corrected chi connectivity index (χ0v) is 15.7. The summed E-state index contributed by atoms with van der Waals surface area (Å²) in [4.78, 5) is 37.4. The minimum Gasteiger partial charge on any atom is -0.451 e. The predicted octanol–water partition coefficient (Wildman–Crippen LogP) is 3.39. The van der Waals surface area contributed by atoms with Crippen LogP contribution in [0.1, 0.15) is 6.92 Å². The van der Waals surface area contributed by atoms with Crippen LogP contribution in [0, 0.1) is 0 Å². The lowest BCUT2D eigenvalue weighted by atomic mass is 10.0. The Bertz CT molecular complexity index is 841. The molecule has 2 aromatic carbocycles. The van der Waals surface area contributed by atoms with Gasteiger partial charge in [0.25, 0.3) is 11.1 Å². The molecule has 0 unspecified atom stereocenters. The molecule has 1 heterocycles. The predicted molar refractivity (Wildman–Crippen MR) is 105 cm³/mol. The van der Waals surface area contributed by atoms with Gasteiger partial charge in [0.2, 0.25) is 0 Å². The fraction of sp³-hybridized carbons (Fsp3) is 0.250. The van der Waals surface area contributed by atoms with Crippen molar-refractivity contribution in [1.29, 1.82) is 0 Å². The first kappa shape index (κ1) is 19.0. The summed E-state index contributed by atoms with van der Waals surface area (Å²) in [5.41, 5.74) is 2.50. The van der Waals surface area contributed by atoms with Crippen LogP contribution in [0.2, 0.25) is 0 Å². The molecule has 0 spiro atoms. The summed E-state index contributed by atoms with van der Waals surface area (Å²) in [5, 5.41) is 2.68. The molecule has 0 aliphatic carbocycles. The van der Waals surface area contributed by atoms with E-state index in [-0.39, 0.29) is 11.8 Å². The highest BCUT2D eigenvalue weighted by Gasteiger charge is 2.26. The van der Waals surface area contributed by atoms with Crippen LogP contribution >= 0.6 is 11.8 Å². The van der Waals surface area contributed by atoms with Gasteiger partial charge in [-0.2, -0.15) is 0 Å². The molecule has 0 saturated carbocycles. The van der Waals surface area contributed by atoms with Crippen LogP contribution in [0.3, 0.4) is 0 Å². The smallest absolute Gasteiger partial charge is 0.326 e. The van der Waals surface area contributed by atoms with Gasteiger partial charge < -0.3 is 15.0 Å². The Morgan fingerprint density at radius 2 is 1.85 bits per heavy atom. The van der Waals surface area contributed by atoms with Crippen LogP contribution in [-0.2, 0) is 14.3 Å². The quantitative estimate of drug-likeness (QED) is 0.773. The summed E-state index contributed by atoms with van der Waals surface area (Å²) in [5.74, 6) is -0.350. The fourth-order valence-corrected chi connectivity index (χ4v) is 3.53. The van der Waals surface area contributed by atoms with Crippen LogP contribution in [-0.4, -0.2) is 47.0 Å². The molecule has 27 heavy (non-hydrogen) atoms. The summed E-state index contributed by atoms with van der Waals surface area (Å²) in [6.07, 6.45) is -0.966. The number of nitrogens with one attached hydrogen (secondary N) is 1. The minimum atomic E-state index is -0.966. The number of para-hydroxylation sites is 1. The number of anilines is 1. The molecule has 0 radical (unpaired) electrons. The standard InChI is InChI=1S/C20H20N2O4S/c1-14(26-18(23)13-22-11-12-27-20(22)25)19(24)21-17-10-6-5-9-16(17)15-7-3-2-4-8-15/h2-10,14H,11-13H2,1H3,(H,21,24)/t14-/m1/s1. The van der Waals surface area contributed by atoms with E-state index in [1.807, 2.05) is 48.5 Å². The molecule has 3 rings (SSSR count). The molecule has 6 nitrogen and oxygen atoms in total. The number of rotatable bonds is 6.